The standard InChI is InChI=1S/C15H25NS/c1-3-17-13-7-12-16-14(2)10-11-15-8-5-4-6-9-15/h4-6,8-9,14,16H,3,7,10-13H2,1-2H3. The van der Waals surface area contributed by atoms with Crippen LogP contribution in [0.5, 0.6) is 0 Å². The second kappa shape index (κ2) is 9.55. The molecule has 1 aromatic rings. The van der Waals surface area contributed by atoms with Gasteiger partial charge < -0.3 is 5.32 Å². The van der Waals surface area contributed by atoms with E-state index in [2.05, 4.69) is 49.5 Å². The van der Waals surface area contributed by atoms with Crippen molar-refractivity contribution in [3.8, 4) is 0 Å². The zero-order chi connectivity index (χ0) is 12.3. The highest BCUT2D eigenvalue weighted by Crippen LogP contribution is 2.05. The lowest BCUT2D eigenvalue weighted by atomic mass is 10.1. The van der Waals surface area contributed by atoms with Gasteiger partial charge in [-0.05, 0) is 49.8 Å². The summed E-state index contributed by atoms with van der Waals surface area (Å²) in [6.07, 6.45) is 3.69. The van der Waals surface area contributed by atoms with Crippen molar-refractivity contribution < 1.29 is 0 Å². The SMILES string of the molecule is CCSCCCNC(C)CCc1ccccc1. The van der Waals surface area contributed by atoms with Gasteiger partial charge in [0.2, 0.25) is 0 Å². The van der Waals surface area contributed by atoms with Crippen LogP contribution in [0.4, 0.5) is 0 Å². The van der Waals surface area contributed by atoms with Crippen molar-refractivity contribution in [1.29, 1.82) is 0 Å². The van der Waals surface area contributed by atoms with Gasteiger partial charge in [0.25, 0.3) is 0 Å². The molecule has 1 nitrogen and oxygen atoms in total. The minimum Gasteiger partial charge on any atom is -0.314 e. The van der Waals surface area contributed by atoms with Crippen LogP contribution in [-0.2, 0) is 6.42 Å². The Bertz CT molecular complexity index is 274. The summed E-state index contributed by atoms with van der Waals surface area (Å²) in [5.41, 5.74) is 1.45. The molecule has 0 bridgehead atoms. The first-order valence-corrected chi connectivity index (χ1v) is 7.83. The second-order valence-electron chi connectivity index (χ2n) is 4.43. The van der Waals surface area contributed by atoms with E-state index in [9.17, 15) is 0 Å². The Morgan fingerprint density at radius 2 is 2.00 bits per heavy atom. The predicted octanol–water partition coefficient (Wildman–Crippen LogP) is 3.74. The normalized spacial score (nSPS) is 12.6. The molecular weight excluding hydrogens is 226 g/mol. The third-order valence-corrected chi connectivity index (χ3v) is 3.86. The molecule has 0 saturated heterocycles. The maximum Gasteiger partial charge on any atom is 0.00418 e. The van der Waals surface area contributed by atoms with Crippen molar-refractivity contribution in [2.24, 2.45) is 0 Å². The Hall–Kier alpha value is -0.470. The van der Waals surface area contributed by atoms with Crippen LogP contribution in [0, 0.1) is 0 Å². The summed E-state index contributed by atoms with van der Waals surface area (Å²) in [6, 6.07) is 11.4. The molecule has 96 valence electrons. The monoisotopic (exact) mass is 251 g/mol. The summed E-state index contributed by atoms with van der Waals surface area (Å²) in [6.45, 7) is 5.67. The molecule has 1 unspecified atom stereocenters. The summed E-state index contributed by atoms with van der Waals surface area (Å²) < 4.78 is 0. The number of rotatable bonds is 9. The van der Waals surface area contributed by atoms with Gasteiger partial charge in [0.15, 0.2) is 0 Å². The highest BCUT2D eigenvalue weighted by molar-refractivity contribution is 7.99. The predicted molar refractivity (Wildman–Crippen MR) is 79.8 cm³/mol. The molecule has 2 heteroatoms. The molecule has 0 radical (unpaired) electrons. The molecule has 0 aliphatic carbocycles. The second-order valence-corrected chi connectivity index (χ2v) is 5.82. The maximum atomic E-state index is 3.60. The van der Waals surface area contributed by atoms with Gasteiger partial charge in [0.05, 0.1) is 0 Å². The van der Waals surface area contributed by atoms with Crippen LogP contribution in [0.1, 0.15) is 32.3 Å². The van der Waals surface area contributed by atoms with E-state index in [4.69, 9.17) is 0 Å². The molecule has 0 heterocycles. The van der Waals surface area contributed by atoms with Crippen LogP contribution in [0.15, 0.2) is 30.3 Å². The summed E-state index contributed by atoms with van der Waals surface area (Å²) in [5.74, 6) is 2.53. The van der Waals surface area contributed by atoms with Crippen molar-refractivity contribution >= 4 is 11.8 Å². The molecule has 0 amide bonds. The average Bonchev–Trinajstić information content (AvgIpc) is 2.37. The van der Waals surface area contributed by atoms with E-state index < -0.39 is 0 Å². The Balaban J connectivity index is 2.03. The topological polar surface area (TPSA) is 12.0 Å². The Labute approximate surface area is 110 Å². The zero-order valence-electron chi connectivity index (χ0n) is 11.1. The zero-order valence-corrected chi connectivity index (χ0v) is 11.9. The molecule has 17 heavy (non-hydrogen) atoms. The fraction of sp³-hybridized carbons (Fsp3) is 0.600. The third kappa shape index (κ3) is 7.45. The van der Waals surface area contributed by atoms with Gasteiger partial charge in [-0.2, -0.15) is 11.8 Å². The van der Waals surface area contributed by atoms with E-state index in [1.54, 1.807) is 0 Å². The van der Waals surface area contributed by atoms with Gasteiger partial charge in [-0.25, -0.2) is 0 Å². The summed E-state index contributed by atoms with van der Waals surface area (Å²) >= 11 is 2.03. The first kappa shape index (κ1) is 14.6. The Morgan fingerprint density at radius 3 is 2.71 bits per heavy atom. The van der Waals surface area contributed by atoms with E-state index in [0.717, 1.165) is 6.54 Å². The van der Waals surface area contributed by atoms with Gasteiger partial charge in [-0.1, -0.05) is 37.3 Å². The van der Waals surface area contributed by atoms with E-state index in [1.807, 2.05) is 11.8 Å². The molecule has 0 aliphatic rings. The number of nitrogens with one attached hydrogen (secondary N) is 1. The Morgan fingerprint density at radius 1 is 1.24 bits per heavy atom. The fourth-order valence-electron chi connectivity index (χ4n) is 1.80. The molecule has 0 aromatic heterocycles. The summed E-state index contributed by atoms with van der Waals surface area (Å²) in [4.78, 5) is 0. The average molecular weight is 251 g/mol. The van der Waals surface area contributed by atoms with Gasteiger partial charge in [0, 0.05) is 6.04 Å². The summed E-state index contributed by atoms with van der Waals surface area (Å²) in [5, 5.41) is 3.60. The van der Waals surface area contributed by atoms with Gasteiger partial charge in [-0.15, -0.1) is 0 Å². The molecule has 1 rings (SSSR count). The minimum atomic E-state index is 0.627. The van der Waals surface area contributed by atoms with Crippen molar-refractivity contribution in [3.05, 3.63) is 35.9 Å². The van der Waals surface area contributed by atoms with E-state index in [-0.39, 0.29) is 0 Å². The largest absolute Gasteiger partial charge is 0.314 e. The van der Waals surface area contributed by atoms with Gasteiger partial charge >= 0.3 is 0 Å². The maximum absolute atomic E-state index is 3.60. The van der Waals surface area contributed by atoms with Crippen LogP contribution in [0.2, 0.25) is 0 Å². The van der Waals surface area contributed by atoms with E-state index in [1.165, 1.54) is 36.3 Å². The van der Waals surface area contributed by atoms with Crippen LogP contribution in [0.3, 0.4) is 0 Å². The van der Waals surface area contributed by atoms with Crippen molar-refractivity contribution in [2.45, 2.75) is 39.2 Å². The first-order chi connectivity index (χ1) is 8.33. The van der Waals surface area contributed by atoms with E-state index in [0.29, 0.717) is 6.04 Å². The lowest BCUT2D eigenvalue weighted by Crippen LogP contribution is -2.27. The van der Waals surface area contributed by atoms with Crippen molar-refractivity contribution in [2.75, 3.05) is 18.1 Å². The smallest absolute Gasteiger partial charge is 0.00418 e. The summed E-state index contributed by atoms with van der Waals surface area (Å²) in [7, 11) is 0. The van der Waals surface area contributed by atoms with E-state index >= 15 is 0 Å². The lowest BCUT2D eigenvalue weighted by molar-refractivity contribution is 0.515. The minimum absolute atomic E-state index is 0.627. The molecule has 1 N–H and O–H groups in total. The fourth-order valence-corrected chi connectivity index (χ4v) is 2.43. The highest BCUT2D eigenvalue weighted by atomic mass is 32.2. The molecule has 0 spiro atoms. The first-order valence-electron chi connectivity index (χ1n) is 6.68. The van der Waals surface area contributed by atoms with Crippen LogP contribution in [0.25, 0.3) is 0 Å². The molecule has 0 saturated carbocycles. The molecule has 0 aliphatic heterocycles. The van der Waals surface area contributed by atoms with Crippen molar-refractivity contribution in [1.82, 2.24) is 5.32 Å². The molecule has 0 fully saturated rings. The van der Waals surface area contributed by atoms with Gasteiger partial charge in [-0.3, -0.25) is 0 Å². The number of hydrogen-bond acceptors (Lipinski definition) is 2. The van der Waals surface area contributed by atoms with Crippen molar-refractivity contribution in [3.63, 3.8) is 0 Å². The quantitative estimate of drug-likeness (QED) is 0.671. The van der Waals surface area contributed by atoms with Crippen LogP contribution in [-0.4, -0.2) is 24.1 Å². The molecular formula is C15H25NS. The lowest BCUT2D eigenvalue weighted by Gasteiger charge is -2.13. The van der Waals surface area contributed by atoms with Gasteiger partial charge in [0.1, 0.15) is 0 Å². The molecule has 1 aromatic carbocycles. The number of hydrogen-bond donors (Lipinski definition) is 1. The number of benzene rings is 1. The Kier molecular flexibility index (Phi) is 8.20. The number of aryl methyl sites for hydroxylation is 1. The number of thioether (sulfide) groups is 1. The van der Waals surface area contributed by atoms with Crippen LogP contribution < -0.4 is 5.32 Å². The van der Waals surface area contributed by atoms with Crippen LogP contribution >= 0.6 is 11.8 Å². The third-order valence-electron chi connectivity index (χ3n) is 2.87. The highest BCUT2D eigenvalue weighted by Gasteiger charge is 2.01. The molecule has 1 atom stereocenters.